The minimum atomic E-state index is -3.94. The average Bonchev–Trinajstić information content (AvgIpc) is 2.61. The number of nitrogens with one attached hydrogen (secondary N) is 1. The summed E-state index contributed by atoms with van der Waals surface area (Å²) in [4.78, 5) is 23.1. The number of methoxy groups -OCH3 is 1. The minimum Gasteiger partial charge on any atom is -0.465 e. The van der Waals surface area contributed by atoms with Crippen LogP contribution in [0.1, 0.15) is 15.9 Å². The van der Waals surface area contributed by atoms with E-state index in [2.05, 4.69) is 9.84 Å². The fraction of sp³-hybridized carbons (Fsp3) is 0.0667. The number of carbonyl (C=O) groups is 1. The molecule has 0 spiro atoms. The van der Waals surface area contributed by atoms with E-state index in [1.165, 1.54) is 25.5 Å². The predicted octanol–water partition coefficient (Wildman–Crippen LogP) is 1.69. The second kappa shape index (κ2) is 7.53. The molecule has 2 rings (SSSR count). The lowest BCUT2D eigenvalue weighted by molar-refractivity contribution is -0.384. The highest BCUT2D eigenvalue weighted by atomic mass is 32.2. The first-order chi connectivity index (χ1) is 11.8. The molecule has 0 bridgehead atoms. The molecule has 0 aromatic heterocycles. The van der Waals surface area contributed by atoms with Crippen LogP contribution in [0.15, 0.2) is 58.5 Å². The number of nitrogens with zero attached hydrogens (tertiary/aromatic N) is 2. The topological polar surface area (TPSA) is 128 Å². The van der Waals surface area contributed by atoms with Gasteiger partial charge in [-0.3, -0.25) is 10.1 Å². The number of benzene rings is 2. The first kappa shape index (κ1) is 18.1. The molecule has 0 heterocycles. The lowest BCUT2D eigenvalue weighted by Gasteiger charge is -2.03. The van der Waals surface area contributed by atoms with Gasteiger partial charge in [0.1, 0.15) is 0 Å². The van der Waals surface area contributed by atoms with E-state index in [-0.39, 0.29) is 10.6 Å². The lowest BCUT2D eigenvalue weighted by Crippen LogP contribution is -2.18. The third-order valence-electron chi connectivity index (χ3n) is 3.08. The Morgan fingerprint density at radius 1 is 1.16 bits per heavy atom. The van der Waals surface area contributed by atoms with Crippen LogP contribution in [-0.2, 0) is 14.8 Å². The molecule has 2 aromatic rings. The number of esters is 1. The van der Waals surface area contributed by atoms with Gasteiger partial charge in [0.05, 0.1) is 28.7 Å². The molecule has 2 aromatic carbocycles. The van der Waals surface area contributed by atoms with Crippen molar-refractivity contribution in [1.82, 2.24) is 4.83 Å². The summed E-state index contributed by atoms with van der Waals surface area (Å²) in [5.74, 6) is -0.484. The average molecular weight is 363 g/mol. The summed E-state index contributed by atoms with van der Waals surface area (Å²) in [7, 11) is -2.67. The second-order valence-corrected chi connectivity index (χ2v) is 6.38. The van der Waals surface area contributed by atoms with Crippen LogP contribution in [0.3, 0.4) is 0 Å². The van der Waals surface area contributed by atoms with Crippen LogP contribution in [0.25, 0.3) is 0 Å². The van der Waals surface area contributed by atoms with E-state index in [9.17, 15) is 23.3 Å². The Hall–Kier alpha value is -3.27. The lowest BCUT2D eigenvalue weighted by atomic mass is 10.1. The summed E-state index contributed by atoms with van der Waals surface area (Å²) >= 11 is 0. The SMILES string of the molecule is COC(=O)c1ccc(/C=N/NS(=O)(=O)c2ccc([N+](=O)[O-])cc2)cc1. The maximum atomic E-state index is 12.0. The Labute approximate surface area is 143 Å². The molecule has 1 N–H and O–H groups in total. The molecular weight excluding hydrogens is 350 g/mol. The van der Waals surface area contributed by atoms with Gasteiger partial charge >= 0.3 is 5.97 Å². The minimum absolute atomic E-state index is 0.156. The molecule has 0 aliphatic carbocycles. The van der Waals surface area contributed by atoms with E-state index in [0.29, 0.717) is 11.1 Å². The van der Waals surface area contributed by atoms with Gasteiger partial charge in [-0.2, -0.15) is 13.5 Å². The van der Waals surface area contributed by atoms with Gasteiger partial charge in [-0.25, -0.2) is 9.63 Å². The van der Waals surface area contributed by atoms with E-state index < -0.39 is 20.9 Å². The highest BCUT2D eigenvalue weighted by molar-refractivity contribution is 7.89. The van der Waals surface area contributed by atoms with Gasteiger partial charge in [0.25, 0.3) is 15.7 Å². The van der Waals surface area contributed by atoms with E-state index in [1.54, 1.807) is 12.1 Å². The summed E-state index contributed by atoms with van der Waals surface area (Å²) < 4.78 is 28.6. The van der Waals surface area contributed by atoms with Gasteiger partial charge in [0, 0.05) is 12.1 Å². The van der Waals surface area contributed by atoms with Crippen molar-refractivity contribution in [3.05, 3.63) is 69.8 Å². The molecule has 0 atom stereocenters. The molecule has 9 nitrogen and oxygen atoms in total. The normalized spacial score (nSPS) is 11.2. The van der Waals surface area contributed by atoms with Crippen molar-refractivity contribution < 1.29 is 22.9 Å². The number of hydrogen-bond acceptors (Lipinski definition) is 7. The molecular formula is C15H13N3O6S. The number of ether oxygens (including phenoxy) is 1. The van der Waals surface area contributed by atoms with Gasteiger partial charge in [-0.15, -0.1) is 0 Å². The van der Waals surface area contributed by atoms with Crippen LogP contribution < -0.4 is 4.83 Å². The van der Waals surface area contributed by atoms with E-state index in [1.807, 2.05) is 4.83 Å². The van der Waals surface area contributed by atoms with Crippen molar-refractivity contribution in [1.29, 1.82) is 0 Å². The van der Waals surface area contributed by atoms with Crippen LogP contribution in [-0.4, -0.2) is 32.6 Å². The molecule has 0 aliphatic rings. The molecule has 0 fully saturated rings. The van der Waals surface area contributed by atoms with Crippen molar-refractivity contribution >= 4 is 27.9 Å². The van der Waals surface area contributed by atoms with E-state index in [0.717, 1.165) is 24.3 Å². The Kier molecular flexibility index (Phi) is 5.45. The maximum Gasteiger partial charge on any atom is 0.337 e. The van der Waals surface area contributed by atoms with Gasteiger partial charge < -0.3 is 4.74 Å². The van der Waals surface area contributed by atoms with Crippen LogP contribution in [0, 0.1) is 10.1 Å². The summed E-state index contributed by atoms with van der Waals surface area (Å²) in [6.45, 7) is 0. The summed E-state index contributed by atoms with van der Waals surface area (Å²) in [6, 6.07) is 10.6. The smallest absolute Gasteiger partial charge is 0.337 e. The molecule has 25 heavy (non-hydrogen) atoms. The largest absolute Gasteiger partial charge is 0.465 e. The van der Waals surface area contributed by atoms with Crippen molar-refractivity contribution in [2.45, 2.75) is 4.90 Å². The van der Waals surface area contributed by atoms with E-state index >= 15 is 0 Å². The number of nitro groups is 1. The van der Waals surface area contributed by atoms with E-state index in [4.69, 9.17) is 0 Å². The zero-order valence-corrected chi connectivity index (χ0v) is 13.8. The standard InChI is InChI=1S/C15H13N3O6S/c1-24-15(19)12-4-2-11(3-5-12)10-16-17-25(22,23)14-8-6-13(7-9-14)18(20)21/h2-10,17H,1H3/b16-10+. The Bertz CT molecular complexity index is 905. The molecule has 0 saturated heterocycles. The van der Waals surface area contributed by atoms with Crippen molar-refractivity contribution in [2.75, 3.05) is 7.11 Å². The van der Waals surface area contributed by atoms with Crippen LogP contribution in [0.4, 0.5) is 5.69 Å². The second-order valence-electron chi connectivity index (χ2n) is 4.72. The number of non-ortho nitro benzene ring substituents is 1. The van der Waals surface area contributed by atoms with Gasteiger partial charge in [0.2, 0.25) is 0 Å². The number of carbonyl (C=O) groups excluding carboxylic acids is 1. The molecule has 0 saturated carbocycles. The van der Waals surface area contributed by atoms with Crippen LogP contribution in [0.5, 0.6) is 0 Å². The number of hydrazone groups is 1. The highest BCUT2D eigenvalue weighted by Crippen LogP contribution is 2.15. The Balaban J connectivity index is 2.07. The highest BCUT2D eigenvalue weighted by Gasteiger charge is 2.14. The fourth-order valence-electron chi connectivity index (χ4n) is 1.79. The summed E-state index contributed by atoms with van der Waals surface area (Å²) in [6.07, 6.45) is 1.25. The number of nitro benzene ring substituents is 1. The number of hydrogen-bond donors (Lipinski definition) is 1. The maximum absolute atomic E-state index is 12.0. The molecule has 130 valence electrons. The Morgan fingerprint density at radius 2 is 1.76 bits per heavy atom. The van der Waals surface area contributed by atoms with Crippen molar-refractivity contribution in [3.8, 4) is 0 Å². The molecule has 0 unspecified atom stereocenters. The number of sulfonamides is 1. The Morgan fingerprint density at radius 3 is 2.28 bits per heavy atom. The molecule has 0 amide bonds. The molecule has 10 heteroatoms. The summed E-state index contributed by atoms with van der Waals surface area (Å²) in [5.41, 5.74) is 0.693. The van der Waals surface area contributed by atoms with Gasteiger partial charge in [-0.05, 0) is 29.8 Å². The molecule has 0 radical (unpaired) electrons. The van der Waals surface area contributed by atoms with Gasteiger partial charge in [0.15, 0.2) is 0 Å². The monoisotopic (exact) mass is 363 g/mol. The van der Waals surface area contributed by atoms with Crippen LogP contribution in [0.2, 0.25) is 0 Å². The first-order valence-electron chi connectivity index (χ1n) is 6.81. The quantitative estimate of drug-likeness (QED) is 0.360. The first-order valence-corrected chi connectivity index (χ1v) is 8.29. The zero-order chi connectivity index (χ0) is 18.4. The van der Waals surface area contributed by atoms with Crippen molar-refractivity contribution in [3.63, 3.8) is 0 Å². The third kappa shape index (κ3) is 4.61. The number of rotatable bonds is 6. The summed E-state index contributed by atoms with van der Waals surface area (Å²) in [5, 5.41) is 14.2. The zero-order valence-electron chi connectivity index (χ0n) is 12.9. The van der Waals surface area contributed by atoms with Crippen LogP contribution >= 0.6 is 0 Å². The predicted molar refractivity (Wildman–Crippen MR) is 88.8 cm³/mol. The van der Waals surface area contributed by atoms with Gasteiger partial charge in [-0.1, -0.05) is 12.1 Å². The fourth-order valence-corrected chi connectivity index (χ4v) is 2.58. The third-order valence-corrected chi connectivity index (χ3v) is 4.31. The van der Waals surface area contributed by atoms with Crippen molar-refractivity contribution in [2.24, 2.45) is 5.10 Å². The molecule has 0 aliphatic heterocycles.